The van der Waals surface area contributed by atoms with Crippen molar-refractivity contribution in [3.63, 3.8) is 0 Å². The summed E-state index contributed by atoms with van der Waals surface area (Å²) >= 11 is 0. The molecule has 0 N–H and O–H groups in total. The normalized spacial score (nSPS) is 19.5. The van der Waals surface area contributed by atoms with E-state index in [4.69, 9.17) is 9.47 Å². The fourth-order valence-electron chi connectivity index (χ4n) is 2.83. The van der Waals surface area contributed by atoms with Crippen molar-refractivity contribution in [2.45, 2.75) is 26.7 Å². The molecule has 5 nitrogen and oxygen atoms in total. The maximum atomic E-state index is 12.4. The summed E-state index contributed by atoms with van der Waals surface area (Å²) in [6.45, 7) is 6.78. The molecule has 0 saturated carbocycles. The van der Waals surface area contributed by atoms with Crippen LogP contribution >= 0.6 is 0 Å². The molecule has 0 atom stereocenters. The van der Waals surface area contributed by atoms with Crippen LogP contribution in [0.2, 0.25) is 0 Å². The first-order valence-electron chi connectivity index (χ1n) is 8.29. The number of rotatable bonds is 2. The Morgan fingerprint density at radius 3 is 2.54 bits per heavy atom. The molecule has 5 heteroatoms. The zero-order valence-electron chi connectivity index (χ0n) is 14.2. The molecule has 0 radical (unpaired) electrons. The second-order valence-corrected chi connectivity index (χ2v) is 7.12. The summed E-state index contributed by atoms with van der Waals surface area (Å²) in [4.78, 5) is 14.1. The molecular formula is C19H22N2O3. The van der Waals surface area contributed by atoms with Gasteiger partial charge in [-0.25, -0.2) is 0 Å². The van der Waals surface area contributed by atoms with Gasteiger partial charge < -0.3 is 14.4 Å². The number of fused-ring (bicyclic) bond motifs is 1. The van der Waals surface area contributed by atoms with E-state index in [9.17, 15) is 10.1 Å². The van der Waals surface area contributed by atoms with Gasteiger partial charge in [-0.2, -0.15) is 5.26 Å². The number of hydrogen-bond acceptors (Lipinski definition) is 4. The van der Waals surface area contributed by atoms with Crippen molar-refractivity contribution in [2.75, 3.05) is 26.3 Å². The molecule has 126 valence electrons. The van der Waals surface area contributed by atoms with Gasteiger partial charge in [0.05, 0.1) is 13.2 Å². The van der Waals surface area contributed by atoms with Gasteiger partial charge in [0.1, 0.15) is 11.6 Å². The lowest BCUT2D eigenvalue weighted by molar-refractivity contribution is -0.125. The lowest BCUT2D eigenvalue weighted by Crippen LogP contribution is -2.28. The van der Waals surface area contributed by atoms with Gasteiger partial charge in [0.25, 0.3) is 5.91 Å². The highest BCUT2D eigenvalue weighted by Crippen LogP contribution is 2.34. The highest BCUT2D eigenvalue weighted by atomic mass is 16.5. The molecule has 3 rings (SSSR count). The second kappa shape index (κ2) is 6.56. The molecule has 1 amide bonds. The van der Waals surface area contributed by atoms with Gasteiger partial charge >= 0.3 is 0 Å². The van der Waals surface area contributed by atoms with E-state index in [0.29, 0.717) is 24.7 Å². The predicted octanol–water partition coefficient (Wildman–Crippen LogP) is 3.01. The minimum atomic E-state index is -0.191. The van der Waals surface area contributed by atoms with Crippen LogP contribution in [0.4, 0.5) is 0 Å². The Labute approximate surface area is 142 Å². The molecule has 1 aromatic carbocycles. The molecule has 0 spiro atoms. The van der Waals surface area contributed by atoms with Gasteiger partial charge in [0, 0.05) is 18.5 Å². The average molecular weight is 326 g/mol. The number of hydrogen-bond donors (Lipinski definition) is 0. The van der Waals surface area contributed by atoms with Crippen molar-refractivity contribution >= 4 is 12.0 Å². The number of nitrogens with zero attached hydrogens (tertiary/aromatic N) is 2. The quantitative estimate of drug-likeness (QED) is 0.619. The zero-order chi connectivity index (χ0) is 17.2. The van der Waals surface area contributed by atoms with Crippen LogP contribution in [-0.2, 0) is 4.79 Å². The van der Waals surface area contributed by atoms with Crippen LogP contribution in [0.25, 0.3) is 6.08 Å². The van der Waals surface area contributed by atoms with Crippen LogP contribution in [-0.4, -0.2) is 37.1 Å². The van der Waals surface area contributed by atoms with Crippen molar-refractivity contribution in [3.05, 3.63) is 29.3 Å². The van der Waals surface area contributed by atoms with Crippen molar-refractivity contribution in [3.8, 4) is 17.6 Å². The van der Waals surface area contributed by atoms with Crippen molar-refractivity contribution in [1.82, 2.24) is 4.90 Å². The van der Waals surface area contributed by atoms with E-state index in [1.165, 1.54) is 0 Å². The molecule has 2 aliphatic heterocycles. The number of benzene rings is 1. The summed E-state index contributed by atoms with van der Waals surface area (Å²) in [6, 6.07) is 7.53. The van der Waals surface area contributed by atoms with E-state index < -0.39 is 0 Å². The smallest absolute Gasteiger partial charge is 0.264 e. The summed E-state index contributed by atoms with van der Waals surface area (Å²) in [6.07, 6.45) is 3.63. The molecule has 0 unspecified atom stereocenters. The van der Waals surface area contributed by atoms with E-state index in [1.54, 1.807) is 11.0 Å². The third-order valence-electron chi connectivity index (χ3n) is 4.26. The van der Waals surface area contributed by atoms with Gasteiger partial charge in [-0.15, -0.1) is 0 Å². The van der Waals surface area contributed by atoms with Gasteiger partial charge in [-0.3, -0.25) is 4.79 Å². The molecule has 1 fully saturated rings. The molecule has 0 bridgehead atoms. The number of ether oxygens (including phenoxy) is 2. The van der Waals surface area contributed by atoms with E-state index >= 15 is 0 Å². The molecule has 2 aliphatic rings. The fraction of sp³-hybridized carbons (Fsp3) is 0.474. The molecular weight excluding hydrogens is 304 g/mol. The van der Waals surface area contributed by atoms with Gasteiger partial charge in [-0.1, -0.05) is 19.9 Å². The zero-order valence-corrected chi connectivity index (χ0v) is 14.2. The lowest BCUT2D eigenvalue weighted by atomic mass is 9.97. The molecule has 1 saturated heterocycles. The second-order valence-electron chi connectivity index (χ2n) is 7.12. The number of likely N-dealkylation sites (tertiary alicyclic amines) is 1. The Morgan fingerprint density at radius 1 is 1.21 bits per heavy atom. The molecule has 0 aromatic heterocycles. The Bertz CT molecular complexity index is 710. The third kappa shape index (κ3) is 3.53. The van der Waals surface area contributed by atoms with Crippen LogP contribution < -0.4 is 9.47 Å². The number of amides is 1. The Hall–Kier alpha value is -2.48. The first-order chi connectivity index (χ1) is 11.5. The number of carbonyl (C=O) groups is 1. The minimum Gasteiger partial charge on any atom is -0.489 e. The maximum Gasteiger partial charge on any atom is 0.264 e. The average Bonchev–Trinajstić information content (AvgIpc) is 3.06. The Morgan fingerprint density at radius 2 is 1.88 bits per heavy atom. The van der Waals surface area contributed by atoms with Gasteiger partial charge in [0.2, 0.25) is 0 Å². The topological polar surface area (TPSA) is 62.6 Å². The van der Waals surface area contributed by atoms with Gasteiger partial charge in [0.15, 0.2) is 11.5 Å². The minimum absolute atomic E-state index is 0.0570. The highest BCUT2D eigenvalue weighted by molar-refractivity contribution is 6.01. The molecule has 2 heterocycles. The summed E-state index contributed by atoms with van der Waals surface area (Å²) in [5.41, 5.74) is 0.867. The molecule has 0 aliphatic carbocycles. The number of nitriles is 1. The van der Waals surface area contributed by atoms with Gasteiger partial charge in [-0.05, 0) is 36.6 Å². The fourth-order valence-corrected chi connectivity index (χ4v) is 2.83. The number of carbonyl (C=O) groups excluding carboxylic acids is 1. The standard InChI is InChI=1S/C19H22N2O3/c1-19(2)12-23-16-6-5-14(10-17(16)24-13-19)9-15(11-20)18(22)21-7-3-4-8-21/h5-6,9-10H,3-4,7-8,12-13H2,1-2H3/b15-9+. The van der Waals surface area contributed by atoms with Crippen LogP contribution in [0, 0.1) is 16.7 Å². The summed E-state index contributed by atoms with van der Waals surface area (Å²) in [7, 11) is 0. The van der Waals surface area contributed by atoms with Crippen LogP contribution in [0.15, 0.2) is 23.8 Å². The summed E-state index contributed by atoms with van der Waals surface area (Å²) < 4.78 is 11.6. The molecule has 1 aromatic rings. The Kier molecular flexibility index (Phi) is 4.48. The SMILES string of the molecule is CC1(C)COc2ccc(/C=C(\C#N)C(=O)N3CCCC3)cc2OC1. The van der Waals surface area contributed by atoms with Crippen molar-refractivity contribution in [2.24, 2.45) is 5.41 Å². The Balaban J connectivity index is 1.83. The molecule has 24 heavy (non-hydrogen) atoms. The van der Waals surface area contributed by atoms with E-state index in [0.717, 1.165) is 31.5 Å². The summed E-state index contributed by atoms with van der Waals surface area (Å²) in [5, 5.41) is 9.35. The maximum absolute atomic E-state index is 12.4. The van der Waals surface area contributed by atoms with E-state index in [-0.39, 0.29) is 16.9 Å². The largest absolute Gasteiger partial charge is 0.489 e. The van der Waals surface area contributed by atoms with Crippen molar-refractivity contribution < 1.29 is 14.3 Å². The van der Waals surface area contributed by atoms with E-state index in [1.807, 2.05) is 24.3 Å². The monoisotopic (exact) mass is 326 g/mol. The van der Waals surface area contributed by atoms with Crippen LogP contribution in [0.5, 0.6) is 11.5 Å². The van der Waals surface area contributed by atoms with E-state index in [2.05, 4.69) is 13.8 Å². The third-order valence-corrected chi connectivity index (χ3v) is 4.26. The predicted molar refractivity (Wildman–Crippen MR) is 90.6 cm³/mol. The highest BCUT2D eigenvalue weighted by Gasteiger charge is 2.25. The van der Waals surface area contributed by atoms with Crippen molar-refractivity contribution in [1.29, 1.82) is 5.26 Å². The summed E-state index contributed by atoms with van der Waals surface area (Å²) in [5.74, 6) is 1.16. The first kappa shape index (κ1) is 16.4. The van der Waals surface area contributed by atoms with Crippen LogP contribution in [0.1, 0.15) is 32.3 Å². The first-order valence-corrected chi connectivity index (χ1v) is 8.29. The van der Waals surface area contributed by atoms with Crippen LogP contribution in [0.3, 0.4) is 0 Å². The lowest BCUT2D eigenvalue weighted by Gasteiger charge is -2.19.